The number of ether oxygens (including phenoxy) is 1. The molecule has 2 rings (SSSR count). The predicted octanol–water partition coefficient (Wildman–Crippen LogP) is 3.57. The molecule has 1 N–H and O–H groups in total. The summed E-state index contributed by atoms with van der Waals surface area (Å²) in [4.78, 5) is 12.0. The molecule has 3 nitrogen and oxygen atoms in total. The zero-order valence-corrected chi connectivity index (χ0v) is 13.1. The largest absolute Gasteiger partial charge is 0.496 e. The Morgan fingerprint density at radius 1 is 1.24 bits per heavy atom. The molecule has 0 saturated carbocycles. The normalized spacial score (nSPS) is 10.2. The second kappa shape index (κ2) is 7.22. The first-order valence-electron chi connectivity index (χ1n) is 6.47. The van der Waals surface area contributed by atoms with Crippen molar-refractivity contribution in [3.05, 3.63) is 63.9 Å². The van der Waals surface area contributed by atoms with Crippen LogP contribution in [0.5, 0.6) is 5.75 Å². The summed E-state index contributed by atoms with van der Waals surface area (Å²) in [6.45, 7) is 0.403. The van der Waals surface area contributed by atoms with Crippen LogP contribution in [0.15, 0.2) is 46.9 Å². The summed E-state index contributed by atoms with van der Waals surface area (Å²) in [7, 11) is 1.61. The fourth-order valence-corrected chi connectivity index (χ4v) is 2.55. The second-order valence-electron chi connectivity index (χ2n) is 4.41. The Kier molecular flexibility index (Phi) is 5.33. The zero-order valence-electron chi connectivity index (χ0n) is 11.5. The van der Waals surface area contributed by atoms with Crippen LogP contribution >= 0.6 is 15.9 Å². The van der Waals surface area contributed by atoms with Gasteiger partial charge in [0.1, 0.15) is 11.6 Å². The highest BCUT2D eigenvalue weighted by molar-refractivity contribution is 9.10. The van der Waals surface area contributed by atoms with E-state index >= 15 is 0 Å². The molecule has 5 heteroatoms. The van der Waals surface area contributed by atoms with Crippen LogP contribution in [0.3, 0.4) is 0 Å². The van der Waals surface area contributed by atoms with Crippen molar-refractivity contribution in [2.45, 2.75) is 6.42 Å². The van der Waals surface area contributed by atoms with Crippen molar-refractivity contribution in [1.29, 1.82) is 0 Å². The number of carbonyl (C=O) groups excluding carboxylic acids is 1. The van der Waals surface area contributed by atoms with Crippen molar-refractivity contribution in [3.63, 3.8) is 0 Å². The third kappa shape index (κ3) is 3.82. The molecule has 2 aromatic rings. The lowest BCUT2D eigenvalue weighted by molar-refractivity contribution is 0.0949. The topological polar surface area (TPSA) is 38.3 Å². The Hall–Kier alpha value is -1.88. The van der Waals surface area contributed by atoms with Crippen LogP contribution in [0.25, 0.3) is 0 Å². The Morgan fingerprint density at radius 2 is 2.00 bits per heavy atom. The molecule has 0 aliphatic rings. The number of carbonyl (C=O) groups is 1. The van der Waals surface area contributed by atoms with Crippen LogP contribution in [0.2, 0.25) is 0 Å². The van der Waals surface area contributed by atoms with Crippen molar-refractivity contribution in [2.24, 2.45) is 0 Å². The first-order valence-corrected chi connectivity index (χ1v) is 7.27. The highest BCUT2D eigenvalue weighted by Gasteiger charge is 2.14. The molecule has 0 saturated heterocycles. The van der Waals surface area contributed by atoms with Crippen LogP contribution in [-0.2, 0) is 6.42 Å². The van der Waals surface area contributed by atoms with Gasteiger partial charge in [0.15, 0.2) is 0 Å². The van der Waals surface area contributed by atoms with E-state index in [2.05, 4.69) is 21.2 Å². The number of hydrogen-bond donors (Lipinski definition) is 1. The highest BCUT2D eigenvalue weighted by atomic mass is 79.9. The van der Waals surface area contributed by atoms with Gasteiger partial charge in [-0.2, -0.15) is 0 Å². The number of nitrogens with one attached hydrogen (secondary N) is 1. The summed E-state index contributed by atoms with van der Waals surface area (Å²) in [5.41, 5.74) is 1.02. The van der Waals surface area contributed by atoms with Gasteiger partial charge in [0.05, 0.1) is 12.7 Å². The van der Waals surface area contributed by atoms with Gasteiger partial charge in [0.2, 0.25) is 0 Å². The zero-order chi connectivity index (χ0) is 15.2. The van der Waals surface area contributed by atoms with Crippen LogP contribution in [0, 0.1) is 5.82 Å². The van der Waals surface area contributed by atoms with E-state index in [4.69, 9.17) is 4.74 Å². The van der Waals surface area contributed by atoms with E-state index in [1.165, 1.54) is 6.07 Å². The smallest absolute Gasteiger partial charge is 0.255 e. The standard InChI is InChI=1S/C16H15BrFNO2/c1-21-14-8-3-2-5-11(14)9-10-19-16(20)15-12(17)6-4-7-13(15)18/h2-8H,9-10H2,1H3,(H,19,20). The molecule has 0 aromatic heterocycles. The van der Waals surface area contributed by atoms with Crippen molar-refractivity contribution in [1.82, 2.24) is 5.32 Å². The average Bonchev–Trinajstić information content (AvgIpc) is 2.47. The molecule has 110 valence electrons. The summed E-state index contributed by atoms with van der Waals surface area (Å²) in [5.74, 6) is -0.201. The SMILES string of the molecule is COc1ccccc1CCNC(=O)c1c(F)cccc1Br. The molecule has 0 fully saturated rings. The number of hydrogen-bond acceptors (Lipinski definition) is 2. The lowest BCUT2D eigenvalue weighted by Gasteiger charge is -2.10. The van der Waals surface area contributed by atoms with E-state index in [1.807, 2.05) is 24.3 Å². The van der Waals surface area contributed by atoms with Crippen LogP contribution in [0.1, 0.15) is 15.9 Å². The molecule has 0 aliphatic heterocycles. The van der Waals surface area contributed by atoms with E-state index in [0.717, 1.165) is 11.3 Å². The Balaban J connectivity index is 1.99. The minimum Gasteiger partial charge on any atom is -0.496 e. The first-order chi connectivity index (χ1) is 10.1. The molecule has 0 heterocycles. The van der Waals surface area contributed by atoms with Crippen molar-refractivity contribution >= 4 is 21.8 Å². The fraction of sp³-hybridized carbons (Fsp3) is 0.188. The fourth-order valence-electron chi connectivity index (χ4n) is 2.02. The van der Waals surface area contributed by atoms with Gasteiger partial charge in [-0.25, -0.2) is 4.39 Å². The summed E-state index contributed by atoms with van der Waals surface area (Å²) in [6.07, 6.45) is 0.613. The van der Waals surface area contributed by atoms with Crippen molar-refractivity contribution in [2.75, 3.05) is 13.7 Å². The van der Waals surface area contributed by atoms with Gasteiger partial charge < -0.3 is 10.1 Å². The molecular weight excluding hydrogens is 337 g/mol. The van der Waals surface area contributed by atoms with E-state index in [0.29, 0.717) is 17.4 Å². The number of methoxy groups -OCH3 is 1. The van der Waals surface area contributed by atoms with E-state index in [-0.39, 0.29) is 5.56 Å². The second-order valence-corrected chi connectivity index (χ2v) is 5.27. The predicted molar refractivity (Wildman–Crippen MR) is 83.1 cm³/mol. The molecule has 21 heavy (non-hydrogen) atoms. The van der Waals surface area contributed by atoms with Gasteiger partial charge in [0, 0.05) is 11.0 Å². The Bertz CT molecular complexity index is 626. The molecule has 0 atom stereocenters. The van der Waals surface area contributed by atoms with E-state index in [9.17, 15) is 9.18 Å². The molecular formula is C16H15BrFNO2. The summed E-state index contributed by atoms with van der Waals surface area (Å²) in [5, 5.41) is 2.72. The van der Waals surface area contributed by atoms with Gasteiger partial charge in [-0.3, -0.25) is 4.79 Å². The van der Waals surface area contributed by atoms with Crippen molar-refractivity contribution < 1.29 is 13.9 Å². The van der Waals surface area contributed by atoms with Gasteiger partial charge in [-0.1, -0.05) is 24.3 Å². The summed E-state index contributed by atoms with van der Waals surface area (Å²) in [6, 6.07) is 12.0. The van der Waals surface area contributed by atoms with Gasteiger partial charge >= 0.3 is 0 Å². The maximum atomic E-state index is 13.7. The first kappa shape index (κ1) is 15.5. The van der Waals surface area contributed by atoms with Crippen LogP contribution in [0.4, 0.5) is 4.39 Å². The summed E-state index contributed by atoms with van der Waals surface area (Å²) < 4.78 is 19.3. The molecule has 0 unspecified atom stereocenters. The van der Waals surface area contributed by atoms with E-state index in [1.54, 1.807) is 19.2 Å². The van der Waals surface area contributed by atoms with Gasteiger partial charge in [0.25, 0.3) is 5.91 Å². The third-order valence-electron chi connectivity index (χ3n) is 3.06. The molecule has 1 amide bonds. The average molecular weight is 352 g/mol. The molecule has 0 radical (unpaired) electrons. The lowest BCUT2D eigenvalue weighted by Crippen LogP contribution is -2.27. The number of rotatable bonds is 5. The maximum absolute atomic E-state index is 13.7. The monoisotopic (exact) mass is 351 g/mol. The van der Waals surface area contributed by atoms with Crippen molar-refractivity contribution in [3.8, 4) is 5.75 Å². The van der Waals surface area contributed by atoms with Crippen LogP contribution in [-0.4, -0.2) is 19.6 Å². The highest BCUT2D eigenvalue weighted by Crippen LogP contribution is 2.20. The van der Waals surface area contributed by atoms with E-state index < -0.39 is 11.7 Å². The quantitative estimate of drug-likeness (QED) is 0.894. The summed E-state index contributed by atoms with van der Waals surface area (Å²) >= 11 is 3.19. The number of para-hydroxylation sites is 1. The van der Waals surface area contributed by atoms with Gasteiger partial charge in [-0.05, 0) is 46.1 Å². The molecule has 0 bridgehead atoms. The molecule has 2 aromatic carbocycles. The number of benzene rings is 2. The molecule has 0 spiro atoms. The maximum Gasteiger partial charge on any atom is 0.255 e. The Labute approximate surface area is 131 Å². The number of amides is 1. The Morgan fingerprint density at radius 3 is 2.71 bits per heavy atom. The molecule has 0 aliphatic carbocycles. The third-order valence-corrected chi connectivity index (χ3v) is 3.72. The number of halogens is 2. The van der Waals surface area contributed by atoms with Gasteiger partial charge in [-0.15, -0.1) is 0 Å². The van der Waals surface area contributed by atoms with Crippen LogP contribution < -0.4 is 10.1 Å². The minimum atomic E-state index is -0.542. The minimum absolute atomic E-state index is 0.0255. The lowest BCUT2D eigenvalue weighted by atomic mass is 10.1.